The summed E-state index contributed by atoms with van der Waals surface area (Å²) in [6.07, 6.45) is 1.45. The Morgan fingerprint density at radius 3 is 2.21 bits per heavy atom. The molecular weight excluding hydrogens is 390 g/mol. The number of hydrogen-bond acceptors (Lipinski definition) is 4. The first-order chi connectivity index (χ1) is 13.2. The Bertz CT molecular complexity index is 840. The average molecular weight is 426 g/mol. The highest BCUT2D eigenvalue weighted by Gasteiger charge is 2.28. The van der Waals surface area contributed by atoms with Crippen LogP contribution in [0.5, 0.6) is 0 Å². The highest BCUT2D eigenvalue weighted by molar-refractivity contribution is 7.90. The van der Waals surface area contributed by atoms with E-state index in [0.29, 0.717) is 37.1 Å². The van der Waals surface area contributed by atoms with E-state index in [0.717, 1.165) is 11.1 Å². The molecule has 0 saturated carbocycles. The molecule has 0 aliphatic heterocycles. The van der Waals surface area contributed by atoms with E-state index in [1.165, 1.54) is 0 Å². The lowest BCUT2D eigenvalue weighted by Gasteiger charge is -2.19. The van der Waals surface area contributed by atoms with Crippen LogP contribution >= 0.6 is 0 Å². The molecule has 0 fully saturated rings. The van der Waals surface area contributed by atoms with Crippen molar-refractivity contribution in [2.75, 3.05) is 11.9 Å². The second-order valence-corrected chi connectivity index (χ2v) is 11.1. The van der Waals surface area contributed by atoms with Gasteiger partial charge in [0, 0.05) is 30.3 Å². The Balaban J connectivity index is 2.56. The predicted octanol–water partition coefficient (Wildman–Crippen LogP) is 3.27. The van der Waals surface area contributed by atoms with Crippen LogP contribution in [-0.2, 0) is 14.8 Å². The number of anilines is 1. The van der Waals surface area contributed by atoms with Gasteiger partial charge in [-0.15, -0.1) is 0 Å². The number of carbonyl (C=O) groups is 2. The third-order valence-electron chi connectivity index (χ3n) is 4.44. The molecule has 0 aromatic heterocycles. The fraction of sp³-hybridized carbons (Fsp3) is 0.619. The topological polar surface area (TPSA) is 104 Å². The van der Waals surface area contributed by atoms with Gasteiger partial charge in [0.25, 0.3) is 5.91 Å². The minimum absolute atomic E-state index is 0.0504. The molecule has 0 unspecified atom stereocenters. The van der Waals surface area contributed by atoms with Crippen LogP contribution in [0.1, 0.15) is 75.4 Å². The summed E-state index contributed by atoms with van der Waals surface area (Å²) in [6, 6.07) is 3.64. The molecule has 1 aromatic carbocycles. The summed E-state index contributed by atoms with van der Waals surface area (Å²) in [5.74, 6) is -0.262. The third kappa shape index (κ3) is 7.78. The summed E-state index contributed by atoms with van der Waals surface area (Å²) in [7, 11) is -3.36. The third-order valence-corrected chi connectivity index (χ3v) is 6.64. The zero-order valence-corrected chi connectivity index (χ0v) is 19.4. The van der Waals surface area contributed by atoms with Crippen LogP contribution in [0.3, 0.4) is 0 Å². The number of rotatable bonds is 9. The summed E-state index contributed by atoms with van der Waals surface area (Å²) in [6.45, 7) is 12.7. The van der Waals surface area contributed by atoms with Crippen molar-refractivity contribution in [1.82, 2.24) is 10.0 Å². The quantitative estimate of drug-likeness (QED) is 0.528. The number of amides is 2. The Morgan fingerprint density at radius 1 is 1.03 bits per heavy atom. The average Bonchev–Trinajstić information content (AvgIpc) is 2.55. The number of nitrogens with one attached hydrogen (secondary N) is 3. The van der Waals surface area contributed by atoms with Gasteiger partial charge in [-0.3, -0.25) is 9.59 Å². The number of benzene rings is 1. The van der Waals surface area contributed by atoms with Gasteiger partial charge in [-0.25, -0.2) is 13.1 Å². The maximum absolute atomic E-state index is 12.2. The molecule has 0 saturated heterocycles. The van der Waals surface area contributed by atoms with Crippen molar-refractivity contribution < 1.29 is 18.0 Å². The molecule has 1 rings (SSSR count). The Labute approximate surface area is 175 Å². The van der Waals surface area contributed by atoms with Gasteiger partial charge in [-0.05, 0) is 84.6 Å². The number of hydrogen-bond donors (Lipinski definition) is 3. The summed E-state index contributed by atoms with van der Waals surface area (Å²) >= 11 is 0. The first-order valence-corrected chi connectivity index (χ1v) is 11.4. The predicted molar refractivity (Wildman–Crippen MR) is 118 cm³/mol. The molecule has 0 aliphatic rings. The van der Waals surface area contributed by atoms with E-state index in [4.69, 9.17) is 0 Å². The van der Waals surface area contributed by atoms with Gasteiger partial charge in [0.05, 0.1) is 4.75 Å². The van der Waals surface area contributed by atoms with Crippen molar-refractivity contribution >= 4 is 27.5 Å². The summed E-state index contributed by atoms with van der Waals surface area (Å²) < 4.78 is 25.7. The smallest absolute Gasteiger partial charge is 0.251 e. The zero-order valence-electron chi connectivity index (χ0n) is 18.6. The van der Waals surface area contributed by atoms with E-state index in [-0.39, 0.29) is 17.9 Å². The minimum atomic E-state index is -3.36. The number of aryl methyl sites for hydroxylation is 2. The lowest BCUT2D eigenvalue weighted by molar-refractivity contribution is -0.116. The molecule has 1 aromatic rings. The van der Waals surface area contributed by atoms with Gasteiger partial charge in [0.1, 0.15) is 0 Å². The largest absolute Gasteiger partial charge is 0.350 e. The molecule has 3 N–H and O–H groups in total. The molecule has 0 bridgehead atoms. The van der Waals surface area contributed by atoms with Crippen LogP contribution in [0.2, 0.25) is 0 Å². The molecule has 2 amide bonds. The highest BCUT2D eigenvalue weighted by atomic mass is 32.2. The summed E-state index contributed by atoms with van der Waals surface area (Å²) in [4.78, 5) is 24.5. The van der Waals surface area contributed by atoms with Crippen molar-refractivity contribution in [3.8, 4) is 0 Å². The molecule has 7 nitrogen and oxygen atoms in total. The Hall–Kier alpha value is -1.93. The SMILES string of the molecule is Cc1cc(C(=O)NC(C)C)c(C)cc1NC(=O)CCCCNS(=O)(=O)C(C)(C)C. The fourth-order valence-corrected chi connectivity index (χ4v) is 3.43. The zero-order chi connectivity index (χ0) is 22.4. The van der Waals surface area contributed by atoms with Gasteiger partial charge in [-0.1, -0.05) is 0 Å². The van der Waals surface area contributed by atoms with E-state index in [1.807, 2.05) is 27.7 Å². The van der Waals surface area contributed by atoms with Crippen molar-refractivity contribution in [2.24, 2.45) is 0 Å². The molecule has 0 spiro atoms. The van der Waals surface area contributed by atoms with Crippen molar-refractivity contribution in [3.05, 3.63) is 28.8 Å². The summed E-state index contributed by atoms with van der Waals surface area (Å²) in [5.41, 5.74) is 2.89. The van der Waals surface area contributed by atoms with Gasteiger partial charge in [0.2, 0.25) is 15.9 Å². The fourth-order valence-electron chi connectivity index (χ4n) is 2.58. The molecule has 29 heavy (non-hydrogen) atoms. The van der Waals surface area contributed by atoms with E-state index >= 15 is 0 Å². The monoisotopic (exact) mass is 425 g/mol. The van der Waals surface area contributed by atoms with Crippen LogP contribution < -0.4 is 15.4 Å². The van der Waals surface area contributed by atoms with E-state index in [2.05, 4.69) is 15.4 Å². The molecule has 0 atom stereocenters. The van der Waals surface area contributed by atoms with Crippen LogP contribution in [0.15, 0.2) is 12.1 Å². The maximum Gasteiger partial charge on any atom is 0.251 e. The van der Waals surface area contributed by atoms with Crippen LogP contribution in [0.25, 0.3) is 0 Å². The second kappa shape index (κ2) is 10.2. The van der Waals surface area contributed by atoms with Crippen LogP contribution in [0, 0.1) is 13.8 Å². The van der Waals surface area contributed by atoms with E-state index in [1.54, 1.807) is 32.9 Å². The van der Waals surface area contributed by atoms with Crippen molar-refractivity contribution in [2.45, 2.75) is 78.5 Å². The number of sulfonamides is 1. The van der Waals surface area contributed by atoms with Gasteiger partial charge < -0.3 is 10.6 Å². The lowest BCUT2D eigenvalue weighted by Crippen LogP contribution is -2.39. The number of unbranched alkanes of at least 4 members (excludes halogenated alkanes) is 1. The second-order valence-electron chi connectivity index (χ2n) is 8.63. The standard InChI is InChI=1S/C21H35N3O4S/c1-14(2)23-20(26)17-12-16(4)18(13-15(17)3)24-19(25)10-8-9-11-22-29(27,28)21(5,6)7/h12-14,22H,8-11H2,1-7H3,(H,23,26)(H,24,25). The molecule has 164 valence electrons. The van der Waals surface area contributed by atoms with Crippen molar-refractivity contribution in [3.63, 3.8) is 0 Å². The Morgan fingerprint density at radius 2 is 1.66 bits per heavy atom. The molecular formula is C21H35N3O4S. The van der Waals surface area contributed by atoms with Crippen molar-refractivity contribution in [1.29, 1.82) is 0 Å². The van der Waals surface area contributed by atoms with E-state index in [9.17, 15) is 18.0 Å². The van der Waals surface area contributed by atoms with Crippen LogP contribution in [-0.4, -0.2) is 37.6 Å². The number of carbonyl (C=O) groups excluding carboxylic acids is 2. The van der Waals surface area contributed by atoms with Crippen LogP contribution in [0.4, 0.5) is 5.69 Å². The van der Waals surface area contributed by atoms with E-state index < -0.39 is 14.8 Å². The van der Waals surface area contributed by atoms with Gasteiger partial charge in [-0.2, -0.15) is 0 Å². The first-order valence-electron chi connectivity index (χ1n) is 9.96. The molecule has 8 heteroatoms. The normalized spacial score (nSPS) is 12.1. The Kier molecular flexibility index (Phi) is 8.84. The molecule has 0 aliphatic carbocycles. The molecule has 0 heterocycles. The summed E-state index contributed by atoms with van der Waals surface area (Å²) in [5, 5.41) is 5.75. The highest BCUT2D eigenvalue weighted by Crippen LogP contribution is 2.21. The maximum atomic E-state index is 12.2. The molecule has 0 radical (unpaired) electrons. The van der Waals surface area contributed by atoms with Gasteiger partial charge >= 0.3 is 0 Å². The van der Waals surface area contributed by atoms with Gasteiger partial charge in [0.15, 0.2) is 0 Å². The first kappa shape index (κ1) is 25.1. The lowest BCUT2D eigenvalue weighted by atomic mass is 10.0. The minimum Gasteiger partial charge on any atom is -0.350 e.